The zero-order valence-electron chi connectivity index (χ0n) is 21.1. The highest BCUT2D eigenvalue weighted by Gasteiger charge is 2.15. The first-order valence-corrected chi connectivity index (χ1v) is 12.2. The number of benzene rings is 3. The monoisotopic (exact) mass is 492 g/mol. The molecule has 36 heavy (non-hydrogen) atoms. The molecule has 0 bridgehead atoms. The maximum Gasteiger partial charge on any atom is 0.308 e. The molecular weight excluding hydrogens is 459 g/mol. The minimum Gasteiger partial charge on any atom is -0.508 e. The van der Waals surface area contributed by atoms with Crippen LogP contribution in [0.1, 0.15) is 54.1 Å². The number of ketones is 1. The van der Waals surface area contributed by atoms with Gasteiger partial charge in [0, 0.05) is 17.5 Å². The average Bonchev–Trinajstić information content (AvgIpc) is 3.78. The van der Waals surface area contributed by atoms with E-state index in [-0.39, 0.29) is 35.7 Å². The van der Waals surface area contributed by atoms with Gasteiger partial charge in [-0.3, -0.25) is 9.59 Å². The summed E-state index contributed by atoms with van der Waals surface area (Å²) in [5.74, 6) is -0.400. The summed E-state index contributed by atoms with van der Waals surface area (Å²) in [6.45, 7) is 1.77. The Balaban J connectivity index is 0.00000112. The van der Waals surface area contributed by atoms with Gasteiger partial charge in [0.1, 0.15) is 17.3 Å². The third-order valence-electron chi connectivity index (χ3n) is 5.96. The van der Waals surface area contributed by atoms with Crippen LogP contribution in [-0.2, 0) is 22.4 Å². The van der Waals surface area contributed by atoms with Crippen LogP contribution in [-0.4, -0.2) is 31.1 Å². The largest absolute Gasteiger partial charge is 0.508 e. The molecule has 1 aliphatic rings. The molecule has 0 heterocycles. The van der Waals surface area contributed by atoms with E-state index >= 15 is 0 Å². The van der Waals surface area contributed by atoms with Gasteiger partial charge in [-0.05, 0) is 53.8 Å². The number of halogens is 1. The topological polar surface area (TPSA) is 72.8 Å². The summed E-state index contributed by atoms with van der Waals surface area (Å²) < 4.78 is 24.1. The van der Waals surface area contributed by atoms with Crippen LogP contribution < -0.4 is 4.74 Å². The fraction of sp³-hybridized carbons (Fsp3) is 0.333. The molecule has 3 aromatic carbocycles. The highest BCUT2D eigenvalue weighted by molar-refractivity contribution is 5.96. The Bertz CT molecular complexity index is 1180. The molecule has 6 heteroatoms. The van der Waals surface area contributed by atoms with E-state index in [1.54, 1.807) is 55.5 Å². The smallest absolute Gasteiger partial charge is 0.308 e. The maximum absolute atomic E-state index is 14.2. The molecule has 1 N–H and O–H groups in total. The van der Waals surface area contributed by atoms with E-state index in [9.17, 15) is 19.1 Å². The highest BCUT2D eigenvalue weighted by atomic mass is 19.1. The second kappa shape index (κ2) is 12.9. The number of ether oxygens (including phenoxy) is 2. The van der Waals surface area contributed by atoms with Crippen LogP contribution in [0.3, 0.4) is 0 Å². The summed E-state index contributed by atoms with van der Waals surface area (Å²) in [4.78, 5) is 24.2. The summed E-state index contributed by atoms with van der Waals surface area (Å²) in [7, 11) is 2.87. The van der Waals surface area contributed by atoms with Gasteiger partial charge in [0.15, 0.2) is 5.78 Å². The van der Waals surface area contributed by atoms with E-state index in [4.69, 9.17) is 9.47 Å². The molecule has 0 radical (unpaired) electrons. The summed E-state index contributed by atoms with van der Waals surface area (Å²) in [5, 5.41) is 10.3. The number of phenolic OH excluding ortho intramolecular Hbond substituents is 1. The van der Waals surface area contributed by atoms with E-state index in [1.165, 1.54) is 39.5 Å². The van der Waals surface area contributed by atoms with Crippen molar-refractivity contribution in [3.63, 3.8) is 0 Å². The van der Waals surface area contributed by atoms with Crippen LogP contribution in [0.25, 0.3) is 11.1 Å². The Labute approximate surface area is 211 Å². The lowest BCUT2D eigenvalue weighted by Crippen LogP contribution is -2.15. The number of carbonyl (C=O) groups is 2. The fourth-order valence-corrected chi connectivity index (χ4v) is 3.67. The molecular formula is C30H33FO5. The molecule has 0 saturated heterocycles. The Morgan fingerprint density at radius 3 is 2.25 bits per heavy atom. The third-order valence-corrected chi connectivity index (χ3v) is 5.96. The lowest BCUT2D eigenvalue weighted by atomic mass is 9.96. The molecule has 1 atom stereocenters. The highest BCUT2D eigenvalue weighted by Crippen LogP contribution is 2.28. The summed E-state index contributed by atoms with van der Waals surface area (Å²) >= 11 is 0. The fourth-order valence-electron chi connectivity index (χ4n) is 3.67. The number of Topliss-reactive ketones (excluding diaryl/α,β-unsaturated/α-hetero) is 1. The van der Waals surface area contributed by atoms with E-state index in [2.05, 4.69) is 0 Å². The first-order chi connectivity index (χ1) is 17.3. The molecule has 1 saturated carbocycles. The lowest BCUT2D eigenvalue weighted by molar-refractivity contribution is -0.144. The van der Waals surface area contributed by atoms with Crippen LogP contribution in [0.15, 0.2) is 60.7 Å². The van der Waals surface area contributed by atoms with Crippen LogP contribution in [0.2, 0.25) is 0 Å². The standard InChI is InChI=1S/C27H27FO5.C3H6/c1-17(27(31)33-3)14-18-4-5-21(26(30)15-18)10-13-25(29)20-8-6-19(7-9-20)23-16-22(32-2)11-12-24(23)28;1-2-3-1/h4-9,11-12,15-17,30H,10,13-14H2,1-3H3;1-3H2. The van der Waals surface area contributed by atoms with Crippen molar-refractivity contribution in [3.05, 3.63) is 83.2 Å². The Kier molecular flexibility index (Phi) is 9.62. The quantitative estimate of drug-likeness (QED) is 0.271. The second-order valence-corrected chi connectivity index (χ2v) is 9.00. The minimum atomic E-state index is -0.366. The summed E-state index contributed by atoms with van der Waals surface area (Å²) in [5.41, 5.74) is 3.05. The summed E-state index contributed by atoms with van der Waals surface area (Å²) in [6.07, 6.45) is 5.56. The lowest BCUT2D eigenvalue weighted by Gasteiger charge is -2.11. The van der Waals surface area contributed by atoms with Crippen molar-refractivity contribution < 1.29 is 28.6 Å². The van der Waals surface area contributed by atoms with Crippen molar-refractivity contribution in [3.8, 4) is 22.6 Å². The van der Waals surface area contributed by atoms with Crippen LogP contribution in [0.4, 0.5) is 4.39 Å². The van der Waals surface area contributed by atoms with E-state index < -0.39 is 0 Å². The third kappa shape index (κ3) is 7.67. The van der Waals surface area contributed by atoms with Crippen molar-refractivity contribution in [2.75, 3.05) is 14.2 Å². The zero-order valence-corrected chi connectivity index (χ0v) is 21.1. The molecule has 0 aromatic heterocycles. The van der Waals surface area contributed by atoms with Crippen LogP contribution >= 0.6 is 0 Å². The Morgan fingerprint density at radius 2 is 1.67 bits per heavy atom. The van der Waals surface area contributed by atoms with Crippen molar-refractivity contribution in [2.24, 2.45) is 5.92 Å². The summed E-state index contributed by atoms with van der Waals surface area (Å²) in [6, 6.07) is 16.5. The van der Waals surface area contributed by atoms with Gasteiger partial charge in [0.25, 0.3) is 0 Å². The number of aromatic hydroxyl groups is 1. The van der Waals surface area contributed by atoms with Crippen LogP contribution in [0, 0.1) is 11.7 Å². The van der Waals surface area contributed by atoms with E-state index in [1.807, 2.05) is 6.07 Å². The number of esters is 1. The molecule has 0 spiro atoms. The van der Waals surface area contributed by atoms with Gasteiger partial charge in [0.2, 0.25) is 0 Å². The molecule has 0 aliphatic heterocycles. The molecule has 1 unspecified atom stereocenters. The van der Waals surface area contributed by atoms with Crippen molar-refractivity contribution in [1.82, 2.24) is 0 Å². The zero-order chi connectivity index (χ0) is 26.1. The van der Waals surface area contributed by atoms with Gasteiger partial charge in [0.05, 0.1) is 20.1 Å². The van der Waals surface area contributed by atoms with E-state index in [0.717, 1.165) is 5.56 Å². The Hall–Kier alpha value is -3.67. The number of hydrogen-bond acceptors (Lipinski definition) is 5. The second-order valence-electron chi connectivity index (χ2n) is 9.00. The molecule has 0 amide bonds. The maximum atomic E-state index is 14.2. The predicted octanol–water partition coefficient (Wildman–Crippen LogP) is 6.54. The number of aryl methyl sites for hydroxylation is 1. The van der Waals surface area contributed by atoms with Gasteiger partial charge in [-0.1, -0.05) is 62.6 Å². The first-order valence-electron chi connectivity index (χ1n) is 12.2. The van der Waals surface area contributed by atoms with Crippen molar-refractivity contribution >= 4 is 11.8 Å². The predicted molar refractivity (Wildman–Crippen MR) is 138 cm³/mol. The number of rotatable bonds is 9. The van der Waals surface area contributed by atoms with Gasteiger partial charge < -0.3 is 14.6 Å². The molecule has 190 valence electrons. The molecule has 1 aliphatic carbocycles. The Morgan fingerprint density at radius 1 is 0.972 bits per heavy atom. The number of phenols is 1. The van der Waals surface area contributed by atoms with Crippen molar-refractivity contribution in [1.29, 1.82) is 0 Å². The average molecular weight is 493 g/mol. The number of carbonyl (C=O) groups excluding carboxylic acids is 2. The van der Waals surface area contributed by atoms with Gasteiger partial charge in [-0.15, -0.1) is 0 Å². The van der Waals surface area contributed by atoms with Gasteiger partial charge in [-0.25, -0.2) is 4.39 Å². The molecule has 1 fully saturated rings. The molecule has 3 aromatic rings. The SMILES string of the molecule is C1CC1.COC(=O)C(C)Cc1ccc(CCC(=O)c2ccc(-c3cc(OC)ccc3F)cc2)c(O)c1. The number of hydrogen-bond donors (Lipinski definition) is 1. The first kappa shape index (κ1) is 26.9. The molecule has 5 nitrogen and oxygen atoms in total. The van der Waals surface area contributed by atoms with E-state index in [0.29, 0.717) is 40.8 Å². The normalized spacial score (nSPS) is 12.7. The molecule has 4 rings (SSSR count). The number of methoxy groups -OCH3 is 2. The van der Waals surface area contributed by atoms with Crippen LogP contribution in [0.5, 0.6) is 11.5 Å². The van der Waals surface area contributed by atoms with Crippen molar-refractivity contribution in [2.45, 2.75) is 45.4 Å². The van der Waals surface area contributed by atoms with Gasteiger partial charge in [-0.2, -0.15) is 0 Å². The minimum absolute atomic E-state index is 0.0737. The van der Waals surface area contributed by atoms with Gasteiger partial charge >= 0.3 is 5.97 Å².